The maximum Gasteiger partial charge on any atom is 0.135 e. The number of aromatic nitrogens is 1. The lowest BCUT2D eigenvalue weighted by Gasteiger charge is -2.07. The maximum atomic E-state index is 5.39. The van der Waals surface area contributed by atoms with Gasteiger partial charge in [-0.1, -0.05) is 6.07 Å². The van der Waals surface area contributed by atoms with Crippen LogP contribution in [0.15, 0.2) is 24.5 Å². The van der Waals surface area contributed by atoms with E-state index in [0.29, 0.717) is 0 Å². The molecule has 0 aliphatic carbocycles. The molecule has 0 amide bonds. The van der Waals surface area contributed by atoms with Crippen molar-refractivity contribution in [2.75, 3.05) is 13.2 Å². The van der Waals surface area contributed by atoms with Crippen LogP contribution in [-0.2, 0) is 4.74 Å². The van der Waals surface area contributed by atoms with Crippen molar-refractivity contribution in [1.82, 2.24) is 10.3 Å². The summed E-state index contributed by atoms with van der Waals surface area (Å²) in [7, 11) is 0. The zero-order chi connectivity index (χ0) is 7.52. The zero-order valence-electron chi connectivity index (χ0n) is 6.16. The second kappa shape index (κ2) is 2.98. The molecule has 1 aromatic rings. The van der Waals surface area contributed by atoms with Crippen LogP contribution in [0, 0.1) is 0 Å². The molecular formula is C8H10N2O. The number of hydrogen-bond donors (Lipinski definition) is 1. The summed E-state index contributed by atoms with van der Waals surface area (Å²) in [5, 5.41) is 3.21. The van der Waals surface area contributed by atoms with Crippen LogP contribution in [-0.4, -0.2) is 18.1 Å². The minimum atomic E-state index is 0.0590. The lowest BCUT2D eigenvalue weighted by Crippen LogP contribution is -2.13. The average molecular weight is 150 g/mol. The molecule has 1 aliphatic heterocycles. The molecule has 0 spiro atoms. The summed E-state index contributed by atoms with van der Waals surface area (Å²) in [6, 6.07) is 3.93. The number of ether oxygens (including phenoxy) is 1. The first-order chi connectivity index (χ1) is 5.47. The Kier molecular flexibility index (Phi) is 1.83. The summed E-state index contributed by atoms with van der Waals surface area (Å²) in [6.45, 7) is 1.72. The van der Waals surface area contributed by atoms with Crippen LogP contribution >= 0.6 is 0 Å². The SMILES string of the molecule is c1cncc([C@@H]2NCCO2)c1. The van der Waals surface area contributed by atoms with Gasteiger partial charge in [0.1, 0.15) is 6.23 Å². The molecule has 2 heterocycles. The number of nitrogens with zero attached hydrogens (tertiary/aromatic N) is 1. The van der Waals surface area contributed by atoms with Crippen LogP contribution in [0.25, 0.3) is 0 Å². The van der Waals surface area contributed by atoms with E-state index in [9.17, 15) is 0 Å². The standard InChI is InChI=1S/C8H10N2O/c1-2-7(6-9-3-1)8-10-4-5-11-8/h1-3,6,8,10H,4-5H2/t8-/m1/s1. The average Bonchev–Trinajstić information content (AvgIpc) is 2.58. The molecule has 0 aromatic carbocycles. The van der Waals surface area contributed by atoms with Crippen molar-refractivity contribution in [1.29, 1.82) is 0 Å². The van der Waals surface area contributed by atoms with Crippen LogP contribution in [0.3, 0.4) is 0 Å². The third-order valence-electron chi connectivity index (χ3n) is 1.70. The summed E-state index contributed by atoms with van der Waals surface area (Å²) in [4.78, 5) is 4.01. The normalized spacial score (nSPS) is 23.8. The Morgan fingerprint density at radius 3 is 3.27 bits per heavy atom. The van der Waals surface area contributed by atoms with Gasteiger partial charge in [-0.3, -0.25) is 10.3 Å². The Bertz CT molecular complexity index is 219. The van der Waals surface area contributed by atoms with Crippen molar-refractivity contribution in [3.8, 4) is 0 Å². The van der Waals surface area contributed by atoms with Gasteiger partial charge in [-0.2, -0.15) is 0 Å². The minimum Gasteiger partial charge on any atom is -0.358 e. The lowest BCUT2D eigenvalue weighted by molar-refractivity contribution is 0.102. The van der Waals surface area contributed by atoms with Gasteiger partial charge >= 0.3 is 0 Å². The van der Waals surface area contributed by atoms with E-state index >= 15 is 0 Å². The summed E-state index contributed by atoms with van der Waals surface area (Å²) in [5.41, 5.74) is 1.10. The minimum absolute atomic E-state index is 0.0590. The fourth-order valence-electron chi connectivity index (χ4n) is 1.17. The molecule has 0 unspecified atom stereocenters. The fraction of sp³-hybridized carbons (Fsp3) is 0.375. The quantitative estimate of drug-likeness (QED) is 0.640. The highest BCUT2D eigenvalue weighted by atomic mass is 16.5. The fourth-order valence-corrected chi connectivity index (χ4v) is 1.17. The van der Waals surface area contributed by atoms with E-state index in [-0.39, 0.29) is 6.23 Å². The van der Waals surface area contributed by atoms with E-state index in [2.05, 4.69) is 10.3 Å². The third-order valence-corrected chi connectivity index (χ3v) is 1.70. The van der Waals surface area contributed by atoms with E-state index in [0.717, 1.165) is 18.7 Å². The molecule has 1 N–H and O–H groups in total. The summed E-state index contributed by atoms with van der Waals surface area (Å²) >= 11 is 0. The molecule has 0 saturated carbocycles. The Morgan fingerprint density at radius 2 is 2.64 bits per heavy atom. The van der Waals surface area contributed by atoms with Gasteiger partial charge < -0.3 is 4.74 Å². The molecule has 1 saturated heterocycles. The molecule has 3 nitrogen and oxygen atoms in total. The van der Waals surface area contributed by atoms with Crippen LogP contribution in [0.5, 0.6) is 0 Å². The Balaban J connectivity index is 2.16. The number of nitrogens with one attached hydrogen (secondary N) is 1. The van der Waals surface area contributed by atoms with Gasteiger partial charge in [-0.25, -0.2) is 0 Å². The second-order valence-electron chi connectivity index (χ2n) is 2.49. The predicted molar refractivity (Wildman–Crippen MR) is 40.9 cm³/mol. The summed E-state index contributed by atoms with van der Waals surface area (Å²) in [5.74, 6) is 0. The van der Waals surface area contributed by atoms with Crippen LogP contribution in [0.2, 0.25) is 0 Å². The molecule has 1 fully saturated rings. The predicted octanol–water partition coefficient (Wildman–Crippen LogP) is 0.700. The van der Waals surface area contributed by atoms with Crippen molar-refractivity contribution >= 4 is 0 Å². The van der Waals surface area contributed by atoms with Crippen LogP contribution < -0.4 is 5.32 Å². The van der Waals surface area contributed by atoms with Gasteiger partial charge in [-0.05, 0) is 6.07 Å². The van der Waals surface area contributed by atoms with Gasteiger partial charge in [-0.15, -0.1) is 0 Å². The van der Waals surface area contributed by atoms with Gasteiger partial charge in [0, 0.05) is 24.5 Å². The number of pyridine rings is 1. The lowest BCUT2D eigenvalue weighted by atomic mass is 10.2. The molecular weight excluding hydrogens is 140 g/mol. The van der Waals surface area contributed by atoms with E-state index in [1.807, 2.05) is 18.3 Å². The molecule has 0 radical (unpaired) electrons. The van der Waals surface area contributed by atoms with Gasteiger partial charge in [0.25, 0.3) is 0 Å². The topological polar surface area (TPSA) is 34.2 Å². The van der Waals surface area contributed by atoms with Crippen molar-refractivity contribution in [3.63, 3.8) is 0 Å². The van der Waals surface area contributed by atoms with Crippen molar-refractivity contribution in [3.05, 3.63) is 30.1 Å². The molecule has 0 bridgehead atoms. The first-order valence-corrected chi connectivity index (χ1v) is 3.72. The monoisotopic (exact) mass is 150 g/mol. The zero-order valence-corrected chi connectivity index (χ0v) is 6.16. The first kappa shape index (κ1) is 6.76. The van der Waals surface area contributed by atoms with Gasteiger partial charge in [0.05, 0.1) is 6.61 Å². The molecule has 58 valence electrons. The smallest absolute Gasteiger partial charge is 0.135 e. The highest BCUT2D eigenvalue weighted by Gasteiger charge is 2.15. The van der Waals surface area contributed by atoms with Crippen molar-refractivity contribution in [2.45, 2.75) is 6.23 Å². The highest BCUT2D eigenvalue weighted by molar-refractivity contribution is 5.11. The molecule has 1 atom stereocenters. The van der Waals surface area contributed by atoms with Crippen LogP contribution in [0.1, 0.15) is 11.8 Å². The summed E-state index contributed by atoms with van der Waals surface area (Å²) < 4.78 is 5.39. The second-order valence-corrected chi connectivity index (χ2v) is 2.49. The maximum absolute atomic E-state index is 5.39. The Labute approximate surface area is 65.4 Å². The van der Waals surface area contributed by atoms with E-state index in [1.54, 1.807) is 6.20 Å². The molecule has 11 heavy (non-hydrogen) atoms. The largest absolute Gasteiger partial charge is 0.358 e. The first-order valence-electron chi connectivity index (χ1n) is 3.72. The molecule has 2 rings (SSSR count). The van der Waals surface area contributed by atoms with Crippen LogP contribution in [0.4, 0.5) is 0 Å². The van der Waals surface area contributed by atoms with Gasteiger partial charge in [0.2, 0.25) is 0 Å². The van der Waals surface area contributed by atoms with E-state index in [4.69, 9.17) is 4.74 Å². The molecule has 1 aromatic heterocycles. The van der Waals surface area contributed by atoms with Crippen molar-refractivity contribution < 1.29 is 4.74 Å². The Morgan fingerprint density at radius 1 is 1.64 bits per heavy atom. The molecule has 3 heteroatoms. The Hall–Kier alpha value is -0.930. The van der Waals surface area contributed by atoms with Crippen molar-refractivity contribution in [2.24, 2.45) is 0 Å². The summed E-state index contributed by atoms with van der Waals surface area (Å²) in [6.07, 6.45) is 3.64. The molecule has 1 aliphatic rings. The number of hydrogen-bond acceptors (Lipinski definition) is 3. The highest BCUT2D eigenvalue weighted by Crippen LogP contribution is 2.15. The van der Waals surface area contributed by atoms with E-state index < -0.39 is 0 Å². The number of rotatable bonds is 1. The third kappa shape index (κ3) is 1.39. The van der Waals surface area contributed by atoms with E-state index in [1.165, 1.54) is 0 Å². The van der Waals surface area contributed by atoms with Gasteiger partial charge in [0.15, 0.2) is 0 Å².